The van der Waals surface area contributed by atoms with E-state index in [2.05, 4.69) is 40.3 Å². The summed E-state index contributed by atoms with van der Waals surface area (Å²) in [6.07, 6.45) is 3.83. The van der Waals surface area contributed by atoms with Crippen molar-refractivity contribution in [1.82, 2.24) is 19.7 Å². The van der Waals surface area contributed by atoms with Crippen molar-refractivity contribution in [2.75, 3.05) is 25.5 Å². The molecule has 6 heteroatoms. The van der Waals surface area contributed by atoms with E-state index < -0.39 is 0 Å². The number of hydrogen-bond acceptors (Lipinski definition) is 4. The van der Waals surface area contributed by atoms with Crippen molar-refractivity contribution in [3.05, 3.63) is 53.3 Å². The zero-order valence-electron chi connectivity index (χ0n) is 16.1. The second-order valence-corrected chi connectivity index (χ2v) is 7.46. The summed E-state index contributed by atoms with van der Waals surface area (Å²) in [5.41, 5.74) is 3.59. The molecule has 1 aliphatic heterocycles. The molecule has 0 atom stereocenters. The summed E-state index contributed by atoms with van der Waals surface area (Å²) < 4.78 is 1.96. The Morgan fingerprint density at radius 1 is 1.15 bits per heavy atom. The Kier molecular flexibility index (Phi) is 4.66. The van der Waals surface area contributed by atoms with Gasteiger partial charge in [-0.3, -0.25) is 9.78 Å². The number of carbonyl (C=O) groups excluding carboxylic acids is 1. The van der Waals surface area contributed by atoms with Gasteiger partial charge in [-0.25, -0.2) is 4.68 Å². The number of benzene rings is 1. The Balaban J connectivity index is 1.56. The minimum atomic E-state index is -0.132. The van der Waals surface area contributed by atoms with E-state index in [1.54, 1.807) is 6.20 Å². The van der Waals surface area contributed by atoms with Gasteiger partial charge in [0.25, 0.3) is 5.91 Å². The van der Waals surface area contributed by atoms with Crippen molar-refractivity contribution in [3.8, 4) is 0 Å². The van der Waals surface area contributed by atoms with Gasteiger partial charge in [-0.05, 0) is 70.6 Å². The number of carbonyl (C=O) groups is 1. The number of piperidine rings is 1. The monoisotopic (exact) mass is 363 g/mol. The van der Waals surface area contributed by atoms with Crippen molar-refractivity contribution in [3.63, 3.8) is 0 Å². The fourth-order valence-corrected chi connectivity index (χ4v) is 3.84. The number of aryl methyl sites for hydroxylation is 2. The molecule has 27 heavy (non-hydrogen) atoms. The van der Waals surface area contributed by atoms with Gasteiger partial charge < -0.3 is 10.2 Å². The van der Waals surface area contributed by atoms with Crippen LogP contribution in [0.2, 0.25) is 0 Å². The fraction of sp³-hybridized carbons (Fsp3) is 0.381. The molecule has 1 aliphatic rings. The average molecular weight is 363 g/mol. The second kappa shape index (κ2) is 7.12. The van der Waals surface area contributed by atoms with E-state index in [4.69, 9.17) is 0 Å². The number of aromatic nitrogens is 3. The molecule has 3 heterocycles. The van der Waals surface area contributed by atoms with Crippen LogP contribution in [-0.2, 0) is 0 Å². The molecular formula is C21H25N5O. The summed E-state index contributed by atoms with van der Waals surface area (Å²) in [7, 11) is 2.14. The van der Waals surface area contributed by atoms with E-state index in [0.717, 1.165) is 48.3 Å². The molecule has 3 aromatic rings. The highest BCUT2D eigenvalue weighted by Gasteiger charge is 2.21. The molecule has 0 spiro atoms. The zero-order valence-corrected chi connectivity index (χ0v) is 16.1. The first-order valence-electron chi connectivity index (χ1n) is 9.42. The predicted octanol–water partition coefficient (Wildman–Crippen LogP) is 3.57. The largest absolute Gasteiger partial charge is 0.307 e. The third kappa shape index (κ3) is 3.57. The normalized spacial score (nSPS) is 16.0. The fourth-order valence-electron chi connectivity index (χ4n) is 3.84. The van der Waals surface area contributed by atoms with Crippen LogP contribution in [0.4, 0.5) is 5.82 Å². The molecule has 0 radical (unpaired) electrons. The van der Waals surface area contributed by atoms with E-state index in [1.165, 1.54) is 5.56 Å². The van der Waals surface area contributed by atoms with Crippen LogP contribution in [0.5, 0.6) is 0 Å². The lowest BCUT2D eigenvalue weighted by Gasteiger charge is -2.30. The predicted molar refractivity (Wildman–Crippen MR) is 107 cm³/mol. The highest BCUT2D eigenvalue weighted by atomic mass is 16.1. The third-order valence-corrected chi connectivity index (χ3v) is 5.35. The van der Waals surface area contributed by atoms with E-state index >= 15 is 0 Å². The van der Waals surface area contributed by atoms with Crippen LogP contribution in [0.15, 0.2) is 36.5 Å². The van der Waals surface area contributed by atoms with Gasteiger partial charge in [0.15, 0.2) is 0 Å². The first kappa shape index (κ1) is 17.7. The number of amides is 1. The van der Waals surface area contributed by atoms with E-state index in [-0.39, 0.29) is 5.91 Å². The van der Waals surface area contributed by atoms with Gasteiger partial charge in [0.1, 0.15) is 5.82 Å². The molecule has 4 rings (SSSR count). The van der Waals surface area contributed by atoms with Crippen LogP contribution in [0.1, 0.15) is 40.5 Å². The Bertz CT molecular complexity index is 985. The van der Waals surface area contributed by atoms with Crippen molar-refractivity contribution in [2.45, 2.75) is 32.7 Å². The highest BCUT2D eigenvalue weighted by molar-refractivity contribution is 6.05. The molecule has 1 fully saturated rings. The molecule has 2 aromatic heterocycles. The van der Waals surface area contributed by atoms with Crippen LogP contribution >= 0.6 is 0 Å². The van der Waals surface area contributed by atoms with Crippen LogP contribution < -0.4 is 5.32 Å². The van der Waals surface area contributed by atoms with E-state index in [9.17, 15) is 4.79 Å². The lowest BCUT2D eigenvalue weighted by Crippen LogP contribution is -2.32. The summed E-state index contributed by atoms with van der Waals surface area (Å²) in [6.45, 7) is 6.14. The lowest BCUT2D eigenvalue weighted by atomic mass is 10.1. The summed E-state index contributed by atoms with van der Waals surface area (Å²) in [4.78, 5) is 19.7. The van der Waals surface area contributed by atoms with Crippen molar-refractivity contribution in [1.29, 1.82) is 0 Å². The van der Waals surface area contributed by atoms with Gasteiger partial charge in [-0.1, -0.05) is 6.07 Å². The minimum Gasteiger partial charge on any atom is -0.307 e. The topological polar surface area (TPSA) is 63.1 Å². The van der Waals surface area contributed by atoms with Crippen molar-refractivity contribution < 1.29 is 4.79 Å². The van der Waals surface area contributed by atoms with Gasteiger partial charge in [0, 0.05) is 22.7 Å². The number of hydrogen-bond donors (Lipinski definition) is 1. The highest BCUT2D eigenvalue weighted by Crippen LogP contribution is 2.25. The average Bonchev–Trinajstić information content (AvgIpc) is 3.09. The Labute approximate surface area is 159 Å². The van der Waals surface area contributed by atoms with Gasteiger partial charge in [0.05, 0.1) is 17.8 Å². The zero-order chi connectivity index (χ0) is 19.0. The minimum absolute atomic E-state index is 0.132. The Morgan fingerprint density at radius 3 is 2.70 bits per heavy atom. The number of nitrogens with one attached hydrogen (secondary N) is 1. The smallest absolute Gasteiger partial charge is 0.256 e. The molecule has 6 nitrogen and oxygen atoms in total. The lowest BCUT2D eigenvalue weighted by molar-refractivity contribution is 0.102. The van der Waals surface area contributed by atoms with E-state index in [1.807, 2.05) is 35.9 Å². The number of likely N-dealkylation sites (tertiary alicyclic amines) is 1. The maximum atomic E-state index is 12.8. The van der Waals surface area contributed by atoms with Crippen LogP contribution in [0.3, 0.4) is 0 Å². The van der Waals surface area contributed by atoms with E-state index in [0.29, 0.717) is 11.6 Å². The summed E-state index contributed by atoms with van der Waals surface area (Å²) in [5, 5.41) is 8.56. The van der Waals surface area contributed by atoms with Gasteiger partial charge in [0.2, 0.25) is 0 Å². The maximum absolute atomic E-state index is 12.8. The Hall–Kier alpha value is -2.73. The molecule has 1 aromatic carbocycles. The number of fused-ring (bicyclic) bond motifs is 1. The van der Waals surface area contributed by atoms with Gasteiger partial charge in [-0.15, -0.1) is 0 Å². The molecule has 0 saturated carbocycles. The van der Waals surface area contributed by atoms with Crippen LogP contribution in [0, 0.1) is 13.8 Å². The second-order valence-electron chi connectivity index (χ2n) is 7.46. The molecule has 0 aliphatic carbocycles. The molecule has 0 bridgehead atoms. The maximum Gasteiger partial charge on any atom is 0.256 e. The van der Waals surface area contributed by atoms with Crippen LogP contribution in [-0.4, -0.2) is 45.7 Å². The number of anilines is 1. The standard InChI is InChI=1S/C21H25N5O/c1-14-12-15(2)23-19-13-16(4-5-18(14)19)21(27)24-20-6-9-22-26(20)17-7-10-25(3)11-8-17/h4-6,9,12-13,17H,7-8,10-11H2,1-3H3,(H,24,27). The molecule has 1 N–H and O–H groups in total. The van der Waals surface area contributed by atoms with Crippen molar-refractivity contribution in [2.24, 2.45) is 0 Å². The van der Waals surface area contributed by atoms with Crippen LogP contribution in [0.25, 0.3) is 10.9 Å². The Morgan fingerprint density at radius 2 is 1.93 bits per heavy atom. The molecule has 0 unspecified atom stereocenters. The molecule has 1 saturated heterocycles. The first-order valence-corrected chi connectivity index (χ1v) is 9.42. The van der Waals surface area contributed by atoms with Gasteiger partial charge >= 0.3 is 0 Å². The number of nitrogens with zero attached hydrogens (tertiary/aromatic N) is 4. The van der Waals surface area contributed by atoms with Gasteiger partial charge in [-0.2, -0.15) is 5.10 Å². The third-order valence-electron chi connectivity index (χ3n) is 5.35. The number of pyridine rings is 1. The van der Waals surface area contributed by atoms with Crippen molar-refractivity contribution >= 4 is 22.6 Å². The summed E-state index contributed by atoms with van der Waals surface area (Å²) >= 11 is 0. The molecule has 140 valence electrons. The quantitative estimate of drug-likeness (QED) is 0.773. The number of rotatable bonds is 3. The first-order chi connectivity index (χ1) is 13.0. The summed E-state index contributed by atoms with van der Waals surface area (Å²) in [6, 6.07) is 9.95. The molecular weight excluding hydrogens is 338 g/mol. The molecule has 1 amide bonds. The summed E-state index contributed by atoms with van der Waals surface area (Å²) in [5.74, 6) is 0.621. The SMILES string of the molecule is Cc1cc(C)c2ccc(C(=O)Nc3ccnn3C3CCN(C)CC3)cc2n1.